The number of rotatable bonds is 4. The van der Waals surface area contributed by atoms with Gasteiger partial charge in [0, 0.05) is 19.3 Å². The van der Waals surface area contributed by atoms with Crippen molar-refractivity contribution in [1.29, 1.82) is 0 Å². The Morgan fingerprint density at radius 3 is 2.79 bits per heavy atom. The van der Waals surface area contributed by atoms with Crippen LogP contribution in [0.25, 0.3) is 11.6 Å². The van der Waals surface area contributed by atoms with Crippen LogP contribution in [0.2, 0.25) is 0 Å². The molecule has 1 saturated heterocycles. The third-order valence-electron chi connectivity index (χ3n) is 4.31. The molecule has 0 unspecified atom stereocenters. The van der Waals surface area contributed by atoms with E-state index in [0.29, 0.717) is 17.5 Å². The number of hydrogen-bond donors (Lipinski definition) is 0. The van der Waals surface area contributed by atoms with Gasteiger partial charge in [0.25, 0.3) is 5.89 Å². The zero-order valence-electron chi connectivity index (χ0n) is 13.6. The van der Waals surface area contributed by atoms with Crippen LogP contribution >= 0.6 is 0 Å². The molecule has 0 N–H and O–H groups in total. The Kier molecular flexibility index (Phi) is 4.04. The predicted molar refractivity (Wildman–Crippen MR) is 89.1 cm³/mol. The van der Waals surface area contributed by atoms with Crippen LogP contribution in [-0.2, 0) is 6.54 Å². The minimum Gasteiger partial charge on any atom is -0.419 e. The molecule has 0 radical (unpaired) electrons. The van der Waals surface area contributed by atoms with Gasteiger partial charge >= 0.3 is 0 Å². The molecule has 0 spiro atoms. The molecule has 6 heteroatoms. The molecule has 122 valence electrons. The van der Waals surface area contributed by atoms with Crippen LogP contribution in [0.5, 0.6) is 0 Å². The second-order valence-electron chi connectivity index (χ2n) is 6.19. The molecule has 1 fully saturated rings. The number of nitrogens with zero attached hydrogens (tertiary/aromatic N) is 5. The fourth-order valence-electron chi connectivity index (χ4n) is 3.03. The van der Waals surface area contributed by atoms with Crippen molar-refractivity contribution in [1.82, 2.24) is 25.1 Å². The summed E-state index contributed by atoms with van der Waals surface area (Å²) >= 11 is 0. The Balaban J connectivity index is 1.43. The van der Waals surface area contributed by atoms with E-state index in [1.807, 2.05) is 13.0 Å². The van der Waals surface area contributed by atoms with Crippen molar-refractivity contribution in [2.75, 3.05) is 13.1 Å². The quantitative estimate of drug-likeness (QED) is 0.736. The maximum absolute atomic E-state index is 5.84. The summed E-state index contributed by atoms with van der Waals surface area (Å²) in [6.07, 6.45) is 4.41. The third-order valence-corrected chi connectivity index (χ3v) is 4.31. The van der Waals surface area contributed by atoms with Crippen LogP contribution in [0, 0.1) is 6.92 Å². The molecule has 1 aliphatic heterocycles. The second kappa shape index (κ2) is 6.49. The molecule has 6 nitrogen and oxygen atoms in total. The molecule has 3 heterocycles. The highest BCUT2D eigenvalue weighted by atomic mass is 16.4. The minimum atomic E-state index is 0.286. The monoisotopic (exact) mass is 321 g/mol. The van der Waals surface area contributed by atoms with Gasteiger partial charge in [-0.2, -0.15) is 0 Å². The summed E-state index contributed by atoms with van der Waals surface area (Å²) in [7, 11) is 0. The van der Waals surface area contributed by atoms with Crippen molar-refractivity contribution in [3.05, 3.63) is 59.9 Å². The van der Waals surface area contributed by atoms with E-state index in [2.05, 4.69) is 49.3 Å². The molecule has 0 saturated carbocycles. The molecular weight excluding hydrogens is 302 g/mol. The zero-order valence-corrected chi connectivity index (χ0v) is 13.6. The molecule has 2 aromatic heterocycles. The highest BCUT2D eigenvalue weighted by Crippen LogP contribution is 2.28. The van der Waals surface area contributed by atoms with E-state index in [9.17, 15) is 0 Å². The first-order valence-corrected chi connectivity index (χ1v) is 8.16. The first kappa shape index (κ1) is 15.0. The largest absolute Gasteiger partial charge is 0.419 e. The Labute approximate surface area is 140 Å². The van der Waals surface area contributed by atoms with E-state index >= 15 is 0 Å². The van der Waals surface area contributed by atoms with E-state index in [-0.39, 0.29) is 5.92 Å². The molecule has 0 bridgehead atoms. The summed E-state index contributed by atoms with van der Waals surface area (Å²) in [4.78, 5) is 10.9. The number of aromatic nitrogens is 4. The first-order valence-electron chi connectivity index (χ1n) is 8.16. The molecule has 1 atom stereocenters. The predicted octanol–water partition coefficient (Wildman–Crippen LogP) is 2.82. The Bertz CT molecular complexity index is 800. The highest BCUT2D eigenvalue weighted by molar-refractivity contribution is 5.43. The summed E-state index contributed by atoms with van der Waals surface area (Å²) in [6, 6.07) is 10.5. The van der Waals surface area contributed by atoms with Crippen LogP contribution in [0.3, 0.4) is 0 Å². The SMILES string of the molecule is Cc1cnc(-c2nnc([C@H]3CCN(Cc4ccccc4)C3)o2)cn1. The van der Waals surface area contributed by atoms with Crippen LogP contribution in [-0.4, -0.2) is 38.2 Å². The van der Waals surface area contributed by atoms with Crippen molar-refractivity contribution >= 4 is 0 Å². The standard InChI is InChI=1S/C18H19N5O/c1-13-9-20-16(10-19-13)18-22-21-17(24-18)15-7-8-23(12-15)11-14-5-3-2-4-6-14/h2-6,9-10,15H,7-8,11-12H2,1H3/t15-/m0/s1. The van der Waals surface area contributed by atoms with E-state index < -0.39 is 0 Å². The number of aryl methyl sites for hydroxylation is 1. The molecular formula is C18H19N5O. The summed E-state index contributed by atoms with van der Waals surface area (Å²) in [5.74, 6) is 1.43. The highest BCUT2D eigenvalue weighted by Gasteiger charge is 2.28. The average Bonchev–Trinajstić information content (AvgIpc) is 3.26. The lowest BCUT2D eigenvalue weighted by atomic mass is 10.1. The van der Waals surface area contributed by atoms with Gasteiger partial charge in [-0.05, 0) is 25.5 Å². The molecule has 0 aliphatic carbocycles. The number of likely N-dealkylation sites (tertiary alicyclic amines) is 1. The van der Waals surface area contributed by atoms with E-state index in [0.717, 1.165) is 31.7 Å². The van der Waals surface area contributed by atoms with Crippen molar-refractivity contribution in [2.24, 2.45) is 0 Å². The lowest BCUT2D eigenvalue weighted by molar-refractivity contribution is 0.320. The summed E-state index contributed by atoms with van der Waals surface area (Å²) in [6.45, 7) is 4.84. The van der Waals surface area contributed by atoms with Gasteiger partial charge in [0.05, 0.1) is 17.8 Å². The van der Waals surface area contributed by atoms with Gasteiger partial charge in [0.15, 0.2) is 0 Å². The van der Waals surface area contributed by atoms with Gasteiger partial charge in [-0.25, -0.2) is 4.98 Å². The normalized spacial score (nSPS) is 18.1. The van der Waals surface area contributed by atoms with Crippen LogP contribution in [0.1, 0.15) is 29.5 Å². The lowest BCUT2D eigenvalue weighted by Crippen LogP contribution is -2.19. The zero-order chi connectivity index (χ0) is 16.4. The second-order valence-corrected chi connectivity index (χ2v) is 6.19. The van der Waals surface area contributed by atoms with Crippen LogP contribution in [0.4, 0.5) is 0 Å². The topological polar surface area (TPSA) is 67.9 Å². The summed E-state index contributed by atoms with van der Waals surface area (Å²) in [5, 5.41) is 8.36. The van der Waals surface area contributed by atoms with Crippen molar-refractivity contribution in [2.45, 2.75) is 25.8 Å². The van der Waals surface area contributed by atoms with Crippen molar-refractivity contribution in [3.63, 3.8) is 0 Å². The molecule has 24 heavy (non-hydrogen) atoms. The maximum atomic E-state index is 5.84. The minimum absolute atomic E-state index is 0.286. The van der Waals surface area contributed by atoms with Gasteiger partial charge in [-0.1, -0.05) is 30.3 Å². The Morgan fingerprint density at radius 2 is 2.00 bits per heavy atom. The molecule has 4 rings (SSSR count). The smallest absolute Gasteiger partial charge is 0.267 e. The molecule has 1 aliphatic rings. The van der Waals surface area contributed by atoms with Crippen LogP contribution < -0.4 is 0 Å². The maximum Gasteiger partial charge on any atom is 0.267 e. The average molecular weight is 321 g/mol. The van der Waals surface area contributed by atoms with Crippen molar-refractivity contribution < 1.29 is 4.42 Å². The van der Waals surface area contributed by atoms with Gasteiger partial charge in [0.2, 0.25) is 5.89 Å². The molecule has 1 aromatic carbocycles. The van der Waals surface area contributed by atoms with E-state index in [1.165, 1.54) is 5.56 Å². The number of benzene rings is 1. The summed E-state index contributed by atoms with van der Waals surface area (Å²) in [5.41, 5.74) is 2.82. The third kappa shape index (κ3) is 3.19. The fourth-order valence-corrected chi connectivity index (χ4v) is 3.03. The molecule has 3 aromatic rings. The lowest BCUT2D eigenvalue weighted by Gasteiger charge is -2.14. The first-order chi connectivity index (χ1) is 11.8. The molecule has 0 amide bonds. The van der Waals surface area contributed by atoms with Gasteiger partial charge < -0.3 is 4.42 Å². The van der Waals surface area contributed by atoms with Gasteiger partial charge in [0.1, 0.15) is 5.69 Å². The summed E-state index contributed by atoms with van der Waals surface area (Å²) < 4.78 is 5.84. The van der Waals surface area contributed by atoms with E-state index in [1.54, 1.807) is 12.4 Å². The number of hydrogen-bond acceptors (Lipinski definition) is 6. The Morgan fingerprint density at radius 1 is 1.12 bits per heavy atom. The van der Waals surface area contributed by atoms with E-state index in [4.69, 9.17) is 4.42 Å². The van der Waals surface area contributed by atoms with Gasteiger partial charge in [-0.3, -0.25) is 9.88 Å². The van der Waals surface area contributed by atoms with Crippen molar-refractivity contribution in [3.8, 4) is 11.6 Å². The Hall–Kier alpha value is -2.60. The van der Waals surface area contributed by atoms with Gasteiger partial charge in [-0.15, -0.1) is 10.2 Å². The fraction of sp³-hybridized carbons (Fsp3) is 0.333. The van der Waals surface area contributed by atoms with Crippen LogP contribution in [0.15, 0.2) is 47.1 Å².